The lowest BCUT2D eigenvalue weighted by Gasteiger charge is -2.24. The quantitative estimate of drug-likeness (QED) is 0.569. The number of amides is 3. The van der Waals surface area contributed by atoms with Crippen LogP contribution in [0.25, 0.3) is 11.1 Å². The SMILES string of the molecule is CN1C(=O)C[C@@H](C(=O)NNC(=O)COc2ccccc2-c2ccccc2)[C@H]1c1cccnc1. The molecular formula is C25H24N4O4. The molecule has 8 nitrogen and oxygen atoms in total. The van der Waals surface area contributed by atoms with Gasteiger partial charge in [0.2, 0.25) is 11.8 Å². The summed E-state index contributed by atoms with van der Waals surface area (Å²) in [6.07, 6.45) is 3.32. The minimum atomic E-state index is -0.647. The van der Waals surface area contributed by atoms with Crippen molar-refractivity contribution in [3.05, 3.63) is 84.7 Å². The molecule has 2 aromatic carbocycles. The summed E-state index contributed by atoms with van der Waals surface area (Å²) >= 11 is 0. The predicted octanol–water partition coefficient (Wildman–Crippen LogP) is 2.49. The summed E-state index contributed by atoms with van der Waals surface area (Å²) < 4.78 is 5.70. The number of aromatic nitrogens is 1. The van der Waals surface area contributed by atoms with Gasteiger partial charge in [-0.25, -0.2) is 0 Å². The Kier molecular flexibility index (Phi) is 6.64. The molecule has 2 heterocycles. The third-order valence-corrected chi connectivity index (χ3v) is 5.60. The molecule has 1 aliphatic heterocycles. The summed E-state index contributed by atoms with van der Waals surface area (Å²) in [5.41, 5.74) is 7.41. The maximum Gasteiger partial charge on any atom is 0.276 e. The van der Waals surface area contributed by atoms with E-state index in [1.807, 2.05) is 54.6 Å². The van der Waals surface area contributed by atoms with Crippen molar-refractivity contribution >= 4 is 17.7 Å². The number of rotatable bonds is 6. The van der Waals surface area contributed by atoms with Gasteiger partial charge in [0.1, 0.15) is 5.75 Å². The van der Waals surface area contributed by atoms with Gasteiger partial charge >= 0.3 is 0 Å². The maximum absolute atomic E-state index is 12.8. The number of carbonyl (C=O) groups excluding carboxylic acids is 3. The van der Waals surface area contributed by atoms with Crippen LogP contribution in [0.2, 0.25) is 0 Å². The first-order valence-corrected chi connectivity index (χ1v) is 10.6. The van der Waals surface area contributed by atoms with Crippen molar-refractivity contribution in [3.8, 4) is 16.9 Å². The molecule has 0 spiro atoms. The molecule has 3 aromatic rings. The molecule has 2 N–H and O–H groups in total. The Labute approximate surface area is 191 Å². The molecule has 1 saturated heterocycles. The zero-order valence-electron chi connectivity index (χ0n) is 18.1. The van der Waals surface area contributed by atoms with Gasteiger partial charge < -0.3 is 9.64 Å². The number of ether oxygens (including phenoxy) is 1. The number of hydrazine groups is 1. The number of carbonyl (C=O) groups is 3. The molecule has 1 aromatic heterocycles. The highest BCUT2D eigenvalue weighted by molar-refractivity contribution is 5.91. The van der Waals surface area contributed by atoms with E-state index in [2.05, 4.69) is 15.8 Å². The van der Waals surface area contributed by atoms with Gasteiger partial charge in [0, 0.05) is 31.4 Å². The molecule has 1 aliphatic rings. The summed E-state index contributed by atoms with van der Waals surface area (Å²) in [6, 6.07) is 20.3. The highest BCUT2D eigenvalue weighted by Crippen LogP contribution is 2.36. The molecular weight excluding hydrogens is 420 g/mol. The van der Waals surface area contributed by atoms with Crippen LogP contribution in [0.3, 0.4) is 0 Å². The average molecular weight is 444 g/mol. The Morgan fingerprint density at radius 2 is 1.79 bits per heavy atom. The first-order chi connectivity index (χ1) is 16.0. The molecule has 0 aliphatic carbocycles. The van der Waals surface area contributed by atoms with Gasteiger partial charge in [-0.15, -0.1) is 0 Å². The lowest BCUT2D eigenvalue weighted by Crippen LogP contribution is -2.47. The van der Waals surface area contributed by atoms with E-state index in [9.17, 15) is 14.4 Å². The topological polar surface area (TPSA) is 101 Å². The van der Waals surface area contributed by atoms with Crippen molar-refractivity contribution in [1.82, 2.24) is 20.7 Å². The summed E-state index contributed by atoms with van der Waals surface area (Å²) in [4.78, 5) is 43.0. The Morgan fingerprint density at radius 1 is 1.03 bits per heavy atom. The van der Waals surface area contributed by atoms with E-state index < -0.39 is 23.8 Å². The molecule has 0 radical (unpaired) electrons. The third-order valence-electron chi connectivity index (χ3n) is 5.60. The maximum atomic E-state index is 12.8. The van der Waals surface area contributed by atoms with Crippen molar-refractivity contribution in [3.63, 3.8) is 0 Å². The number of nitrogens with one attached hydrogen (secondary N) is 2. The van der Waals surface area contributed by atoms with Crippen LogP contribution in [-0.4, -0.2) is 41.3 Å². The van der Waals surface area contributed by atoms with Gasteiger partial charge in [-0.1, -0.05) is 54.6 Å². The van der Waals surface area contributed by atoms with Crippen LogP contribution in [0.1, 0.15) is 18.0 Å². The summed E-state index contributed by atoms with van der Waals surface area (Å²) in [6.45, 7) is -0.278. The molecule has 8 heteroatoms. The van der Waals surface area contributed by atoms with Crippen LogP contribution < -0.4 is 15.6 Å². The fourth-order valence-electron chi connectivity index (χ4n) is 3.96. The minimum absolute atomic E-state index is 0.0543. The van der Waals surface area contributed by atoms with E-state index >= 15 is 0 Å². The first kappa shape index (κ1) is 22.0. The van der Waals surface area contributed by atoms with E-state index in [4.69, 9.17) is 4.74 Å². The van der Waals surface area contributed by atoms with Crippen molar-refractivity contribution in [1.29, 1.82) is 0 Å². The van der Waals surface area contributed by atoms with Crippen LogP contribution in [0.5, 0.6) is 5.75 Å². The van der Waals surface area contributed by atoms with Crippen LogP contribution in [-0.2, 0) is 14.4 Å². The average Bonchev–Trinajstić information content (AvgIpc) is 3.16. The van der Waals surface area contributed by atoms with Gasteiger partial charge in [0.25, 0.3) is 5.91 Å². The van der Waals surface area contributed by atoms with Crippen molar-refractivity contribution in [2.45, 2.75) is 12.5 Å². The number of hydrogen-bond acceptors (Lipinski definition) is 5. The Morgan fingerprint density at radius 3 is 2.55 bits per heavy atom. The van der Waals surface area contributed by atoms with E-state index in [1.165, 1.54) is 4.90 Å². The van der Waals surface area contributed by atoms with E-state index in [0.717, 1.165) is 16.7 Å². The summed E-state index contributed by atoms with van der Waals surface area (Å²) in [5.74, 6) is -1.19. The second-order valence-electron chi connectivity index (χ2n) is 7.73. The molecule has 0 saturated carbocycles. The highest BCUT2D eigenvalue weighted by Gasteiger charge is 2.42. The third kappa shape index (κ3) is 5.01. The van der Waals surface area contributed by atoms with Gasteiger partial charge in [0.05, 0.1) is 12.0 Å². The Hall–Kier alpha value is -4.20. The number of pyridine rings is 1. The molecule has 3 amide bonds. The number of para-hydroxylation sites is 1. The van der Waals surface area contributed by atoms with Crippen LogP contribution in [0.15, 0.2) is 79.1 Å². The fraction of sp³-hybridized carbons (Fsp3) is 0.200. The molecule has 168 valence electrons. The van der Waals surface area contributed by atoms with Crippen LogP contribution in [0.4, 0.5) is 0 Å². The van der Waals surface area contributed by atoms with E-state index in [0.29, 0.717) is 5.75 Å². The highest BCUT2D eigenvalue weighted by atomic mass is 16.5. The molecule has 0 bridgehead atoms. The summed E-state index contributed by atoms with van der Waals surface area (Å²) in [7, 11) is 1.66. The second-order valence-corrected chi connectivity index (χ2v) is 7.73. The number of benzene rings is 2. The standard InChI is InChI=1S/C25H24N4O4/c1-29-23(31)14-20(24(29)18-10-7-13-26-15-18)25(32)28-27-22(30)16-33-21-12-6-5-11-19(21)17-8-3-2-4-9-17/h2-13,15,20,24H,14,16H2,1H3,(H,27,30)(H,28,32)/t20-,24-/m1/s1. The van der Waals surface area contributed by atoms with Crippen LogP contribution in [0, 0.1) is 5.92 Å². The monoisotopic (exact) mass is 444 g/mol. The molecule has 0 unspecified atom stereocenters. The second kappa shape index (κ2) is 9.95. The lowest BCUT2D eigenvalue weighted by molar-refractivity contribution is -0.132. The Bertz CT molecular complexity index is 1140. The zero-order chi connectivity index (χ0) is 23.2. The largest absolute Gasteiger partial charge is 0.483 e. The van der Waals surface area contributed by atoms with E-state index in [-0.39, 0.29) is 18.9 Å². The van der Waals surface area contributed by atoms with Gasteiger partial charge in [0.15, 0.2) is 6.61 Å². The fourth-order valence-corrected chi connectivity index (χ4v) is 3.96. The predicted molar refractivity (Wildman–Crippen MR) is 122 cm³/mol. The van der Waals surface area contributed by atoms with Crippen molar-refractivity contribution in [2.24, 2.45) is 5.92 Å². The van der Waals surface area contributed by atoms with Gasteiger partial charge in [-0.3, -0.25) is 30.2 Å². The Balaban J connectivity index is 1.35. The molecule has 33 heavy (non-hydrogen) atoms. The molecule has 4 rings (SSSR count). The minimum Gasteiger partial charge on any atom is -0.483 e. The van der Waals surface area contributed by atoms with Crippen LogP contribution >= 0.6 is 0 Å². The van der Waals surface area contributed by atoms with E-state index in [1.54, 1.807) is 31.6 Å². The number of nitrogens with zero attached hydrogens (tertiary/aromatic N) is 2. The smallest absolute Gasteiger partial charge is 0.276 e. The van der Waals surface area contributed by atoms with Gasteiger partial charge in [-0.05, 0) is 23.3 Å². The van der Waals surface area contributed by atoms with Gasteiger partial charge in [-0.2, -0.15) is 0 Å². The van der Waals surface area contributed by atoms with Crippen molar-refractivity contribution in [2.75, 3.05) is 13.7 Å². The first-order valence-electron chi connectivity index (χ1n) is 10.6. The summed E-state index contributed by atoms with van der Waals surface area (Å²) in [5, 5.41) is 0. The zero-order valence-corrected chi connectivity index (χ0v) is 18.1. The molecule has 2 atom stereocenters. The number of hydrogen-bond donors (Lipinski definition) is 2. The number of likely N-dealkylation sites (tertiary alicyclic amines) is 1. The molecule has 1 fully saturated rings. The normalized spacial score (nSPS) is 17.5. The van der Waals surface area contributed by atoms with Crippen molar-refractivity contribution < 1.29 is 19.1 Å². The lowest BCUT2D eigenvalue weighted by atomic mass is 9.94.